The minimum atomic E-state index is -0.646. The van der Waals surface area contributed by atoms with Crippen LogP contribution >= 0.6 is 11.3 Å². The molecule has 1 N–H and O–H groups in total. The lowest BCUT2D eigenvalue weighted by atomic mass is 9.95. The van der Waals surface area contributed by atoms with Crippen molar-refractivity contribution < 1.29 is 28.6 Å². The summed E-state index contributed by atoms with van der Waals surface area (Å²) in [6.07, 6.45) is 4.97. The van der Waals surface area contributed by atoms with E-state index >= 15 is 0 Å². The number of thiophene rings is 1. The highest BCUT2D eigenvalue weighted by Gasteiger charge is 2.27. The van der Waals surface area contributed by atoms with E-state index in [-0.39, 0.29) is 25.4 Å². The van der Waals surface area contributed by atoms with Crippen LogP contribution in [0.3, 0.4) is 0 Å². The molecule has 1 aliphatic carbocycles. The number of hydrogen-bond acceptors (Lipinski definition) is 8. The molecule has 1 aromatic heterocycles. The Kier molecular flexibility index (Phi) is 8.82. The summed E-state index contributed by atoms with van der Waals surface area (Å²) in [6, 6.07) is 8.64. The number of anilines is 1. The van der Waals surface area contributed by atoms with Gasteiger partial charge >= 0.3 is 11.9 Å². The monoisotopic (exact) mass is 482 g/mol. The van der Waals surface area contributed by atoms with Crippen LogP contribution in [0.25, 0.3) is 6.08 Å². The van der Waals surface area contributed by atoms with Crippen molar-refractivity contribution in [3.63, 3.8) is 0 Å². The van der Waals surface area contributed by atoms with Crippen molar-refractivity contribution in [1.82, 2.24) is 0 Å². The lowest BCUT2D eigenvalue weighted by Crippen LogP contribution is -2.17. The number of aryl methyl sites for hydroxylation is 1. The number of nitriles is 1. The number of carbonyl (C=O) groups is 3. The highest BCUT2D eigenvalue weighted by atomic mass is 32.1. The SMILES string of the molecule is CCOC(=O)COc1ccccc1/C=C(\C#N)C(=O)Nc1sc2c(c1C(=O)OCC)CCCC2. The Labute approximate surface area is 202 Å². The van der Waals surface area contributed by atoms with Gasteiger partial charge in [0.1, 0.15) is 22.4 Å². The molecule has 34 heavy (non-hydrogen) atoms. The first kappa shape index (κ1) is 25.0. The largest absolute Gasteiger partial charge is 0.481 e. The predicted molar refractivity (Wildman–Crippen MR) is 128 cm³/mol. The van der Waals surface area contributed by atoms with Gasteiger partial charge in [-0.05, 0) is 57.2 Å². The topological polar surface area (TPSA) is 115 Å². The second kappa shape index (κ2) is 12.0. The van der Waals surface area contributed by atoms with Crippen LogP contribution in [-0.4, -0.2) is 37.7 Å². The first-order valence-electron chi connectivity index (χ1n) is 11.1. The van der Waals surface area contributed by atoms with Crippen LogP contribution < -0.4 is 10.1 Å². The van der Waals surface area contributed by atoms with E-state index in [9.17, 15) is 19.6 Å². The fourth-order valence-electron chi connectivity index (χ4n) is 3.62. The van der Waals surface area contributed by atoms with Crippen LogP contribution in [0.15, 0.2) is 29.8 Å². The normalized spacial score (nSPS) is 12.8. The van der Waals surface area contributed by atoms with Gasteiger partial charge in [0.25, 0.3) is 5.91 Å². The molecular weight excluding hydrogens is 456 g/mol. The molecule has 0 atom stereocenters. The summed E-state index contributed by atoms with van der Waals surface area (Å²) in [6.45, 7) is 3.60. The first-order valence-corrected chi connectivity index (χ1v) is 11.9. The van der Waals surface area contributed by atoms with Crippen molar-refractivity contribution in [1.29, 1.82) is 5.26 Å². The quantitative estimate of drug-likeness (QED) is 0.322. The van der Waals surface area contributed by atoms with Crippen LogP contribution in [0.1, 0.15) is 53.1 Å². The molecule has 2 aromatic rings. The second-order valence-electron chi connectivity index (χ2n) is 7.39. The molecule has 0 saturated carbocycles. The molecule has 0 saturated heterocycles. The van der Waals surface area contributed by atoms with Crippen LogP contribution in [0, 0.1) is 11.3 Å². The van der Waals surface area contributed by atoms with Gasteiger partial charge in [0.15, 0.2) is 6.61 Å². The zero-order valence-corrected chi connectivity index (χ0v) is 20.0. The van der Waals surface area contributed by atoms with Crippen molar-refractivity contribution in [3.8, 4) is 11.8 Å². The van der Waals surface area contributed by atoms with E-state index in [0.717, 1.165) is 36.1 Å². The number of ether oxygens (including phenoxy) is 3. The highest BCUT2D eigenvalue weighted by Crippen LogP contribution is 2.39. The molecule has 9 heteroatoms. The van der Waals surface area contributed by atoms with E-state index in [1.807, 2.05) is 6.07 Å². The zero-order valence-electron chi connectivity index (χ0n) is 19.1. The Morgan fingerprint density at radius 1 is 1.12 bits per heavy atom. The molecule has 0 aliphatic heterocycles. The zero-order chi connectivity index (χ0) is 24.5. The molecular formula is C25H26N2O6S. The summed E-state index contributed by atoms with van der Waals surface area (Å²) in [4.78, 5) is 38.3. The maximum Gasteiger partial charge on any atom is 0.344 e. The number of nitrogens with zero attached hydrogens (tertiary/aromatic N) is 1. The third kappa shape index (κ3) is 6.02. The Bertz CT molecular complexity index is 1140. The molecule has 8 nitrogen and oxygen atoms in total. The minimum Gasteiger partial charge on any atom is -0.481 e. The maximum absolute atomic E-state index is 13.0. The van der Waals surface area contributed by atoms with Crippen LogP contribution in [-0.2, 0) is 31.9 Å². The van der Waals surface area contributed by atoms with Gasteiger partial charge in [0.05, 0.1) is 18.8 Å². The molecule has 0 bridgehead atoms. The van der Waals surface area contributed by atoms with Crippen molar-refractivity contribution >= 4 is 40.3 Å². The molecule has 1 heterocycles. The van der Waals surface area contributed by atoms with Gasteiger partial charge in [-0.1, -0.05) is 18.2 Å². The number of nitrogens with one attached hydrogen (secondary N) is 1. The number of benzene rings is 1. The number of rotatable bonds is 9. The highest BCUT2D eigenvalue weighted by molar-refractivity contribution is 7.17. The van der Waals surface area contributed by atoms with E-state index in [2.05, 4.69) is 5.32 Å². The van der Waals surface area contributed by atoms with Gasteiger partial charge < -0.3 is 19.5 Å². The molecule has 0 radical (unpaired) electrons. The Balaban J connectivity index is 1.85. The van der Waals surface area contributed by atoms with Crippen LogP contribution in [0.2, 0.25) is 0 Å². The third-order valence-electron chi connectivity index (χ3n) is 5.11. The minimum absolute atomic E-state index is 0.173. The van der Waals surface area contributed by atoms with Crippen molar-refractivity contribution in [3.05, 3.63) is 51.4 Å². The molecule has 0 fully saturated rings. The van der Waals surface area contributed by atoms with Crippen LogP contribution in [0.4, 0.5) is 5.00 Å². The summed E-state index contributed by atoms with van der Waals surface area (Å²) in [7, 11) is 0. The molecule has 0 spiro atoms. The molecule has 3 rings (SSSR count). The number of hydrogen-bond donors (Lipinski definition) is 1. The Morgan fingerprint density at radius 3 is 2.59 bits per heavy atom. The average molecular weight is 483 g/mol. The number of amides is 1. The van der Waals surface area contributed by atoms with Gasteiger partial charge in [0.2, 0.25) is 0 Å². The Morgan fingerprint density at radius 2 is 1.85 bits per heavy atom. The van der Waals surface area contributed by atoms with Gasteiger partial charge in [-0.3, -0.25) is 4.79 Å². The van der Waals surface area contributed by atoms with Gasteiger partial charge in [-0.2, -0.15) is 5.26 Å². The van der Waals surface area contributed by atoms with E-state index in [4.69, 9.17) is 14.2 Å². The van der Waals surface area contributed by atoms with E-state index in [1.54, 1.807) is 38.1 Å². The molecule has 1 amide bonds. The summed E-state index contributed by atoms with van der Waals surface area (Å²) in [5.74, 6) is -1.31. The van der Waals surface area contributed by atoms with E-state index < -0.39 is 17.8 Å². The van der Waals surface area contributed by atoms with Crippen molar-refractivity contribution in [2.75, 3.05) is 25.1 Å². The number of carbonyl (C=O) groups excluding carboxylic acids is 3. The van der Waals surface area contributed by atoms with Crippen molar-refractivity contribution in [2.24, 2.45) is 0 Å². The third-order valence-corrected chi connectivity index (χ3v) is 6.32. The van der Waals surface area contributed by atoms with Crippen LogP contribution in [0.5, 0.6) is 5.75 Å². The predicted octanol–water partition coefficient (Wildman–Crippen LogP) is 4.29. The Hall–Kier alpha value is -3.64. The lowest BCUT2D eigenvalue weighted by Gasteiger charge is -2.12. The van der Waals surface area contributed by atoms with Gasteiger partial charge in [0, 0.05) is 10.4 Å². The van der Waals surface area contributed by atoms with Gasteiger partial charge in [-0.15, -0.1) is 11.3 Å². The molecule has 1 aromatic carbocycles. The van der Waals surface area contributed by atoms with E-state index in [0.29, 0.717) is 21.9 Å². The summed E-state index contributed by atoms with van der Waals surface area (Å²) < 4.78 is 15.6. The second-order valence-corrected chi connectivity index (χ2v) is 8.50. The number of para-hydroxylation sites is 1. The smallest absolute Gasteiger partial charge is 0.344 e. The fourth-order valence-corrected chi connectivity index (χ4v) is 4.89. The fraction of sp³-hybridized carbons (Fsp3) is 0.360. The average Bonchev–Trinajstić information content (AvgIpc) is 3.19. The standard InChI is InChI=1S/C25H26N2O6S/c1-3-31-21(28)15-33-19-11-7-5-9-16(19)13-17(14-26)23(29)27-24-22(25(30)32-4-2)18-10-6-8-12-20(18)34-24/h5,7,9,11,13H,3-4,6,8,10,12,15H2,1-2H3,(H,27,29)/b17-13+. The van der Waals surface area contributed by atoms with Gasteiger partial charge in [-0.25, -0.2) is 9.59 Å². The summed E-state index contributed by atoms with van der Waals surface area (Å²) in [5, 5.41) is 12.8. The number of esters is 2. The molecule has 1 aliphatic rings. The van der Waals surface area contributed by atoms with Crippen molar-refractivity contribution in [2.45, 2.75) is 39.5 Å². The first-order chi connectivity index (χ1) is 16.5. The molecule has 178 valence electrons. The number of fused-ring (bicyclic) bond motifs is 1. The maximum atomic E-state index is 13.0. The summed E-state index contributed by atoms with van der Waals surface area (Å²) in [5.41, 5.74) is 1.58. The van der Waals surface area contributed by atoms with E-state index in [1.165, 1.54) is 17.4 Å². The lowest BCUT2D eigenvalue weighted by molar-refractivity contribution is -0.145. The molecule has 0 unspecified atom stereocenters. The summed E-state index contributed by atoms with van der Waals surface area (Å²) >= 11 is 1.35.